The van der Waals surface area contributed by atoms with E-state index in [2.05, 4.69) is 11.8 Å². The van der Waals surface area contributed by atoms with Crippen molar-refractivity contribution in [1.29, 1.82) is 0 Å². The van der Waals surface area contributed by atoms with Crippen molar-refractivity contribution in [3.63, 3.8) is 0 Å². The van der Waals surface area contributed by atoms with Crippen LogP contribution in [0.25, 0.3) is 0 Å². The molecular formula is C15H24N2O2S. The molecule has 1 aromatic rings. The Morgan fingerprint density at radius 1 is 1.40 bits per heavy atom. The van der Waals surface area contributed by atoms with E-state index in [0.29, 0.717) is 12.1 Å². The maximum Gasteiger partial charge on any atom is 0.186 e. The van der Waals surface area contributed by atoms with Crippen molar-refractivity contribution < 1.29 is 9.84 Å². The number of rotatable bonds is 4. The first-order chi connectivity index (χ1) is 9.83. The van der Waals surface area contributed by atoms with Crippen molar-refractivity contribution >= 4 is 16.5 Å². The molecule has 1 aliphatic carbocycles. The molecule has 1 saturated carbocycles. The summed E-state index contributed by atoms with van der Waals surface area (Å²) in [6.07, 6.45) is 7.39. The van der Waals surface area contributed by atoms with Gasteiger partial charge in [-0.15, -0.1) is 0 Å². The standard InChI is InChI=1S/C15H24N2O2S/c1-2-5-11-14(10-18)20-15(16-11)17-8-9-19-13-7-4-3-6-12(13)17/h12-13,18H,2-10H2,1H3. The molecule has 4 nitrogen and oxygen atoms in total. The van der Waals surface area contributed by atoms with Crippen LogP contribution in [0.1, 0.15) is 49.6 Å². The predicted octanol–water partition coefficient (Wildman–Crippen LogP) is 2.74. The number of morpholine rings is 1. The van der Waals surface area contributed by atoms with E-state index in [4.69, 9.17) is 9.72 Å². The number of thiazole rings is 1. The van der Waals surface area contributed by atoms with Crippen LogP contribution in [-0.2, 0) is 17.8 Å². The van der Waals surface area contributed by atoms with Gasteiger partial charge in [0.25, 0.3) is 0 Å². The first kappa shape index (κ1) is 14.3. The van der Waals surface area contributed by atoms with Crippen molar-refractivity contribution in [1.82, 2.24) is 4.98 Å². The monoisotopic (exact) mass is 296 g/mol. The van der Waals surface area contributed by atoms with Crippen LogP contribution < -0.4 is 4.90 Å². The summed E-state index contributed by atoms with van der Waals surface area (Å²) < 4.78 is 5.93. The molecule has 0 radical (unpaired) electrons. The van der Waals surface area contributed by atoms with E-state index in [0.717, 1.165) is 41.7 Å². The van der Waals surface area contributed by atoms with Crippen LogP contribution in [0.15, 0.2) is 0 Å². The van der Waals surface area contributed by atoms with Crippen molar-refractivity contribution in [2.24, 2.45) is 0 Å². The summed E-state index contributed by atoms with van der Waals surface area (Å²) >= 11 is 1.67. The van der Waals surface area contributed by atoms with E-state index in [-0.39, 0.29) is 6.61 Å². The van der Waals surface area contributed by atoms with Gasteiger partial charge in [0.2, 0.25) is 0 Å². The third kappa shape index (κ3) is 2.71. The lowest BCUT2D eigenvalue weighted by Crippen LogP contribution is -2.52. The molecule has 0 spiro atoms. The first-order valence-corrected chi connectivity index (χ1v) is 8.62. The Bertz CT molecular complexity index is 447. The fourth-order valence-electron chi connectivity index (χ4n) is 3.38. The summed E-state index contributed by atoms with van der Waals surface area (Å²) in [7, 11) is 0. The third-order valence-corrected chi connectivity index (χ3v) is 5.49. The van der Waals surface area contributed by atoms with E-state index in [9.17, 15) is 5.11 Å². The van der Waals surface area contributed by atoms with Crippen LogP contribution in [0, 0.1) is 0 Å². The molecule has 1 N–H and O–H groups in total. The fourth-order valence-corrected chi connectivity index (χ4v) is 4.43. The first-order valence-electron chi connectivity index (χ1n) is 7.81. The van der Waals surface area contributed by atoms with Gasteiger partial charge in [-0.1, -0.05) is 37.5 Å². The number of aliphatic hydroxyl groups is 1. The highest BCUT2D eigenvalue weighted by atomic mass is 32.1. The number of aliphatic hydroxyl groups excluding tert-OH is 1. The van der Waals surface area contributed by atoms with Gasteiger partial charge in [-0.05, 0) is 19.3 Å². The number of nitrogens with zero attached hydrogens (tertiary/aromatic N) is 2. The largest absolute Gasteiger partial charge is 0.391 e. The Hall–Kier alpha value is -0.650. The highest BCUT2D eigenvalue weighted by Crippen LogP contribution is 2.35. The van der Waals surface area contributed by atoms with Crippen LogP contribution >= 0.6 is 11.3 Å². The number of aryl methyl sites for hydroxylation is 1. The topological polar surface area (TPSA) is 45.6 Å². The lowest BCUT2D eigenvalue weighted by molar-refractivity contribution is -0.00869. The molecule has 1 aliphatic heterocycles. The van der Waals surface area contributed by atoms with Crippen LogP contribution in [0.3, 0.4) is 0 Å². The van der Waals surface area contributed by atoms with E-state index in [1.165, 1.54) is 25.7 Å². The second kappa shape index (κ2) is 6.41. The Balaban J connectivity index is 1.83. The molecule has 0 aromatic carbocycles. The molecule has 5 heteroatoms. The van der Waals surface area contributed by atoms with Crippen LogP contribution in [0.2, 0.25) is 0 Å². The van der Waals surface area contributed by atoms with Gasteiger partial charge in [0, 0.05) is 6.54 Å². The molecule has 3 rings (SSSR count). The lowest BCUT2D eigenvalue weighted by atomic mass is 9.90. The molecule has 20 heavy (non-hydrogen) atoms. The van der Waals surface area contributed by atoms with Gasteiger partial charge >= 0.3 is 0 Å². The van der Waals surface area contributed by atoms with Crippen molar-refractivity contribution in [2.75, 3.05) is 18.1 Å². The zero-order valence-corrected chi connectivity index (χ0v) is 13.0. The number of hydrogen-bond acceptors (Lipinski definition) is 5. The second-order valence-electron chi connectivity index (χ2n) is 5.73. The summed E-state index contributed by atoms with van der Waals surface area (Å²) in [5, 5.41) is 10.6. The molecule has 2 atom stereocenters. The molecule has 2 unspecified atom stereocenters. The van der Waals surface area contributed by atoms with Crippen LogP contribution in [0.5, 0.6) is 0 Å². The highest BCUT2D eigenvalue weighted by Gasteiger charge is 2.35. The highest BCUT2D eigenvalue weighted by molar-refractivity contribution is 7.15. The maximum absolute atomic E-state index is 9.52. The normalized spacial score (nSPS) is 26.6. The molecule has 2 heterocycles. The van der Waals surface area contributed by atoms with E-state index < -0.39 is 0 Å². The van der Waals surface area contributed by atoms with Crippen LogP contribution in [-0.4, -0.2) is 35.4 Å². The minimum Gasteiger partial charge on any atom is -0.391 e. The van der Waals surface area contributed by atoms with Crippen molar-refractivity contribution in [3.05, 3.63) is 10.6 Å². The zero-order chi connectivity index (χ0) is 13.9. The predicted molar refractivity (Wildman–Crippen MR) is 81.4 cm³/mol. The summed E-state index contributed by atoms with van der Waals surface area (Å²) in [5.74, 6) is 0. The Morgan fingerprint density at radius 2 is 2.25 bits per heavy atom. The number of aromatic nitrogens is 1. The van der Waals surface area contributed by atoms with Gasteiger partial charge in [-0.3, -0.25) is 0 Å². The van der Waals surface area contributed by atoms with Crippen molar-refractivity contribution in [2.45, 2.75) is 64.2 Å². The molecule has 2 aliphatic rings. The average molecular weight is 296 g/mol. The number of fused-ring (bicyclic) bond motifs is 1. The number of anilines is 1. The summed E-state index contributed by atoms with van der Waals surface area (Å²) in [4.78, 5) is 8.30. The number of ether oxygens (including phenoxy) is 1. The molecule has 2 fully saturated rings. The van der Waals surface area contributed by atoms with Gasteiger partial charge in [0.15, 0.2) is 5.13 Å². The SMILES string of the molecule is CCCc1nc(N2CCOC3CCCCC32)sc1CO. The summed E-state index contributed by atoms with van der Waals surface area (Å²) in [6.45, 7) is 4.01. The molecule has 1 saturated heterocycles. The molecule has 1 aromatic heterocycles. The molecule has 0 amide bonds. The quantitative estimate of drug-likeness (QED) is 0.928. The summed E-state index contributed by atoms with van der Waals surface area (Å²) in [5.41, 5.74) is 1.09. The average Bonchev–Trinajstić information content (AvgIpc) is 2.90. The van der Waals surface area contributed by atoms with Crippen molar-refractivity contribution in [3.8, 4) is 0 Å². The smallest absolute Gasteiger partial charge is 0.186 e. The minimum absolute atomic E-state index is 0.117. The summed E-state index contributed by atoms with van der Waals surface area (Å²) in [6, 6.07) is 0.490. The molecule has 112 valence electrons. The van der Waals surface area contributed by atoms with Gasteiger partial charge in [-0.25, -0.2) is 4.98 Å². The Kier molecular flexibility index (Phi) is 4.58. The number of hydrogen-bond donors (Lipinski definition) is 1. The Morgan fingerprint density at radius 3 is 3.05 bits per heavy atom. The van der Waals surface area contributed by atoms with Gasteiger partial charge in [-0.2, -0.15) is 0 Å². The van der Waals surface area contributed by atoms with Gasteiger partial charge < -0.3 is 14.7 Å². The van der Waals surface area contributed by atoms with Crippen LogP contribution in [0.4, 0.5) is 5.13 Å². The lowest BCUT2D eigenvalue weighted by Gasteiger charge is -2.43. The molecule has 0 bridgehead atoms. The minimum atomic E-state index is 0.117. The molecular weight excluding hydrogens is 272 g/mol. The second-order valence-corrected chi connectivity index (χ2v) is 6.79. The van der Waals surface area contributed by atoms with Gasteiger partial charge in [0.1, 0.15) is 0 Å². The van der Waals surface area contributed by atoms with E-state index in [1.54, 1.807) is 11.3 Å². The Labute approximate surface area is 124 Å². The fraction of sp³-hybridized carbons (Fsp3) is 0.800. The van der Waals surface area contributed by atoms with E-state index >= 15 is 0 Å². The third-order valence-electron chi connectivity index (χ3n) is 4.38. The van der Waals surface area contributed by atoms with E-state index in [1.807, 2.05) is 0 Å². The zero-order valence-electron chi connectivity index (χ0n) is 12.2. The maximum atomic E-state index is 9.52. The van der Waals surface area contributed by atoms with Gasteiger partial charge in [0.05, 0.1) is 35.9 Å².